The van der Waals surface area contributed by atoms with Gasteiger partial charge in [-0.2, -0.15) is 0 Å². The molecule has 0 aromatic heterocycles. The molecule has 4 heteroatoms. The first-order valence-corrected chi connectivity index (χ1v) is 8.39. The van der Waals surface area contributed by atoms with Crippen molar-refractivity contribution in [2.24, 2.45) is 0 Å². The summed E-state index contributed by atoms with van der Waals surface area (Å²) in [5.74, 6) is 0. The topological polar surface area (TPSA) is 27.3 Å². The Kier molecular flexibility index (Phi) is 6.00. The van der Waals surface area contributed by atoms with Crippen molar-refractivity contribution in [2.45, 2.75) is 52.1 Å². The lowest BCUT2D eigenvalue weighted by atomic mass is 10.0. The fourth-order valence-electron chi connectivity index (χ4n) is 2.74. The van der Waals surface area contributed by atoms with E-state index < -0.39 is 0 Å². The summed E-state index contributed by atoms with van der Waals surface area (Å²) in [5, 5.41) is 7.47. The molecule has 1 heterocycles. The summed E-state index contributed by atoms with van der Waals surface area (Å²) in [5.41, 5.74) is 2.41. The highest BCUT2D eigenvalue weighted by atomic mass is 32.1. The van der Waals surface area contributed by atoms with E-state index in [-0.39, 0.29) is 0 Å². The van der Waals surface area contributed by atoms with E-state index in [1.807, 2.05) is 0 Å². The number of likely N-dealkylation sites (tertiary alicyclic amines) is 1. The van der Waals surface area contributed by atoms with Crippen molar-refractivity contribution in [3.8, 4) is 0 Å². The number of hydrogen-bond donors (Lipinski definition) is 2. The number of piperidine rings is 1. The predicted molar refractivity (Wildman–Crippen MR) is 94.9 cm³/mol. The minimum absolute atomic E-state index is 0.495. The van der Waals surface area contributed by atoms with Gasteiger partial charge in [0.05, 0.1) is 0 Å². The Morgan fingerprint density at radius 2 is 1.86 bits per heavy atom. The van der Waals surface area contributed by atoms with Gasteiger partial charge in [0.15, 0.2) is 5.11 Å². The molecule has 2 N–H and O–H groups in total. The van der Waals surface area contributed by atoms with Gasteiger partial charge in [-0.05, 0) is 63.0 Å². The molecule has 0 saturated carbocycles. The van der Waals surface area contributed by atoms with Crippen LogP contribution in [0.4, 0.5) is 5.69 Å². The van der Waals surface area contributed by atoms with Gasteiger partial charge in [0, 0.05) is 30.9 Å². The minimum Gasteiger partial charge on any atom is -0.360 e. The molecule has 0 spiro atoms. The molecule has 116 valence electrons. The Balaban J connectivity index is 1.77. The maximum atomic E-state index is 5.42. The summed E-state index contributed by atoms with van der Waals surface area (Å²) in [7, 11) is 0. The predicted octanol–water partition coefficient (Wildman–Crippen LogP) is 3.41. The fraction of sp³-hybridized carbons (Fsp3) is 0.588. The van der Waals surface area contributed by atoms with Crippen LogP contribution in [0.2, 0.25) is 0 Å². The Labute approximate surface area is 134 Å². The van der Waals surface area contributed by atoms with Crippen molar-refractivity contribution in [3.63, 3.8) is 0 Å². The van der Waals surface area contributed by atoms with Crippen LogP contribution in [0.25, 0.3) is 0 Å². The third-order valence-electron chi connectivity index (χ3n) is 4.22. The molecular weight excluding hydrogens is 278 g/mol. The summed E-state index contributed by atoms with van der Waals surface area (Å²) < 4.78 is 0. The second kappa shape index (κ2) is 7.76. The molecule has 1 aromatic carbocycles. The van der Waals surface area contributed by atoms with Gasteiger partial charge in [0.25, 0.3) is 0 Å². The zero-order valence-corrected chi connectivity index (χ0v) is 14.2. The number of nitrogens with one attached hydrogen (secondary N) is 2. The molecule has 0 aliphatic carbocycles. The van der Waals surface area contributed by atoms with E-state index in [9.17, 15) is 0 Å². The summed E-state index contributed by atoms with van der Waals surface area (Å²) in [6.45, 7) is 9.00. The van der Waals surface area contributed by atoms with Gasteiger partial charge >= 0.3 is 0 Å². The molecule has 0 amide bonds. The third kappa shape index (κ3) is 4.97. The summed E-state index contributed by atoms with van der Waals surface area (Å²) in [6, 6.07) is 9.61. The molecule has 0 unspecified atom stereocenters. The Morgan fingerprint density at radius 3 is 2.38 bits per heavy atom. The van der Waals surface area contributed by atoms with E-state index >= 15 is 0 Å². The molecule has 0 bridgehead atoms. The van der Waals surface area contributed by atoms with E-state index in [0.29, 0.717) is 12.1 Å². The summed E-state index contributed by atoms with van der Waals surface area (Å²) in [4.78, 5) is 2.53. The van der Waals surface area contributed by atoms with E-state index in [1.54, 1.807) is 0 Å². The monoisotopic (exact) mass is 305 g/mol. The smallest absolute Gasteiger partial charge is 0.170 e. The first-order valence-electron chi connectivity index (χ1n) is 7.99. The van der Waals surface area contributed by atoms with Crippen molar-refractivity contribution < 1.29 is 0 Å². The molecule has 0 atom stereocenters. The van der Waals surface area contributed by atoms with E-state index in [4.69, 9.17) is 12.2 Å². The van der Waals surface area contributed by atoms with Gasteiger partial charge in [-0.3, -0.25) is 0 Å². The largest absolute Gasteiger partial charge is 0.360 e. The highest BCUT2D eigenvalue weighted by molar-refractivity contribution is 7.80. The van der Waals surface area contributed by atoms with Crippen molar-refractivity contribution in [2.75, 3.05) is 18.4 Å². The van der Waals surface area contributed by atoms with Crippen LogP contribution < -0.4 is 10.6 Å². The standard InChI is InChI=1S/C17H27N3S/c1-4-14-5-7-15(8-6-14)18-17(21)19-16-9-11-20(12-10-16)13(2)3/h5-8,13,16H,4,9-12H2,1-3H3,(H2,18,19,21). The minimum atomic E-state index is 0.495. The SMILES string of the molecule is CCc1ccc(NC(=S)NC2CCN(C(C)C)CC2)cc1. The lowest BCUT2D eigenvalue weighted by molar-refractivity contribution is 0.168. The number of aryl methyl sites for hydroxylation is 1. The zero-order chi connectivity index (χ0) is 15.2. The van der Waals surface area contributed by atoms with Gasteiger partial charge in [0.1, 0.15) is 0 Å². The molecule has 21 heavy (non-hydrogen) atoms. The van der Waals surface area contributed by atoms with Crippen molar-refractivity contribution in [1.82, 2.24) is 10.2 Å². The van der Waals surface area contributed by atoms with Crippen molar-refractivity contribution in [3.05, 3.63) is 29.8 Å². The number of rotatable bonds is 4. The maximum Gasteiger partial charge on any atom is 0.170 e. The number of anilines is 1. The molecule has 1 aliphatic heterocycles. The maximum absolute atomic E-state index is 5.42. The fourth-order valence-corrected chi connectivity index (χ4v) is 3.02. The molecule has 1 fully saturated rings. The van der Waals surface area contributed by atoms with Crippen molar-refractivity contribution >= 4 is 23.0 Å². The first-order chi connectivity index (χ1) is 10.1. The van der Waals surface area contributed by atoms with Crippen molar-refractivity contribution in [1.29, 1.82) is 0 Å². The normalized spacial score (nSPS) is 17.0. The summed E-state index contributed by atoms with van der Waals surface area (Å²) >= 11 is 5.42. The van der Waals surface area contributed by atoms with Crippen LogP contribution in [0.15, 0.2) is 24.3 Å². The summed E-state index contributed by atoms with van der Waals surface area (Å²) in [6.07, 6.45) is 3.39. The average Bonchev–Trinajstić information content (AvgIpc) is 2.48. The molecule has 1 aromatic rings. The number of hydrogen-bond acceptors (Lipinski definition) is 2. The van der Waals surface area contributed by atoms with Crippen LogP contribution in [0.5, 0.6) is 0 Å². The molecule has 0 radical (unpaired) electrons. The quantitative estimate of drug-likeness (QED) is 0.834. The van der Waals surface area contributed by atoms with Crippen LogP contribution in [0.3, 0.4) is 0 Å². The van der Waals surface area contributed by atoms with E-state index in [2.05, 4.69) is 60.6 Å². The van der Waals surface area contributed by atoms with E-state index in [1.165, 1.54) is 5.56 Å². The average molecular weight is 305 g/mol. The Bertz CT molecular complexity index is 448. The molecule has 1 saturated heterocycles. The Morgan fingerprint density at radius 1 is 1.24 bits per heavy atom. The number of benzene rings is 1. The first kappa shape index (κ1) is 16.2. The van der Waals surface area contributed by atoms with Gasteiger partial charge in [-0.15, -0.1) is 0 Å². The van der Waals surface area contributed by atoms with E-state index in [0.717, 1.165) is 43.2 Å². The Hall–Kier alpha value is -1.13. The molecule has 2 rings (SSSR count). The third-order valence-corrected chi connectivity index (χ3v) is 4.44. The molecule has 1 aliphatic rings. The lowest BCUT2D eigenvalue weighted by Crippen LogP contribution is -2.47. The second-order valence-corrected chi connectivity index (χ2v) is 6.46. The van der Waals surface area contributed by atoms with Crippen LogP contribution in [-0.4, -0.2) is 35.2 Å². The van der Waals surface area contributed by atoms with Gasteiger partial charge in [-0.25, -0.2) is 0 Å². The van der Waals surface area contributed by atoms with Crippen LogP contribution in [-0.2, 0) is 6.42 Å². The second-order valence-electron chi connectivity index (χ2n) is 6.05. The van der Waals surface area contributed by atoms with Crippen LogP contribution in [0, 0.1) is 0 Å². The number of thiocarbonyl (C=S) groups is 1. The zero-order valence-electron chi connectivity index (χ0n) is 13.4. The lowest BCUT2D eigenvalue weighted by Gasteiger charge is -2.35. The molecule has 3 nitrogen and oxygen atoms in total. The number of nitrogens with zero attached hydrogens (tertiary/aromatic N) is 1. The highest BCUT2D eigenvalue weighted by Gasteiger charge is 2.21. The molecular formula is C17H27N3S. The van der Waals surface area contributed by atoms with Crippen LogP contribution in [0.1, 0.15) is 39.2 Å². The van der Waals surface area contributed by atoms with Crippen LogP contribution >= 0.6 is 12.2 Å². The van der Waals surface area contributed by atoms with Gasteiger partial charge < -0.3 is 15.5 Å². The van der Waals surface area contributed by atoms with Gasteiger partial charge in [0.2, 0.25) is 0 Å². The van der Waals surface area contributed by atoms with Gasteiger partial charge in [-0.1, -0.05) is 19.1 Å². The highest BCUT2D eigenvalue weighted by Crippen LogP contribution is 2.14.